The van der Waals surface area contributed by atoms with Gasteiger partial charge in [0.25, 0.3) is 0 Å². The maximum Gasteiger partial charge on any atom is 0.0732 e. The molecular weight excluding hydrogens is 126 g/mol. The van der Waals surface area contributed by atoms with Crippen molar-refractivity contribution >= 4 is 0 Å². The maximum atomic E-state index is 5.71. The number of hydrogen-bond acceptors (Lipinski definition) is 2. The average molecular weight is 141 g/mol. The van der Waals surface area contributed by atoms with Crippen LogP contribution in [0.5, 0.6) is 0 Å². The predicted octanol–water partition coefficient (Wildman–Crippen LogP) is 1.05. The molecule has 1 saturated heterocycles. The van der Waals surface area contributed by atoms with E-state index in [-0.39, 0.29) is 0 Å². The van der Waals surface area contributed by atoms with Crippen LogP contribution in [0, 0.1) is 0 Å². The second kappa shape index (κ2) is 2.21. The first-order valence-corrected chi connectivity index (χ1v) is 4.23. The first-order chi connectivity index (χ1) is 4.85. The van der Waals surface area contributed by atoms with E-state index in [1.54, 1.807) is 0 Å². The molecule has 2 rings (SSSR count). The van der Waals surface area contributed by atoms with Crippen molar-refractivity contribution in [3.63, 3.8) is 0 Å². The number of rotatable bonds is 1. The molecular formula is C8H15NO. The van der Waals surface area contributed by atoms with Gasteiger partial charge in [-0.1, -0.05) is 12.8 Å². The van der Waals surface area contributed by atoms with Gasteiger partial charge in [0.15, 0.2) is 0 Å². The smallest absolute Gasteiger partial charge is 0.0732 e. The molecule has 2 aliphatic rings. The van der Waals surface area contributed by atoms with Gasteiger partial charge in [-0.2, -0.15) is 0 Å². The van der Waals surface area contributed by atoms with Gasteiger partial charge >= 0.3 is 0 Å². The van der Waals surface area contributed by atoms with Crippen LogP contribution in [-0.4, -0.2) is 18.2 Å². The third kappa shape index (κ3) is 0.867. The molecule has 58 valence electrons. The fourth-order valence-corrected chi connectivity index (χ4v) is 2.23. The van der Waals surface area contributed by atoms with Crippen LogP contribution in [0.3, 0.4) is 0 Å². The minimum Gasteiger partial charge on any atom is -0.370 e. The molecule has 1 aliphatic carbocycles. The molecule has 2 fully saturated rings. The van der Waals surface area contributed by atoms with Gasteiger partial charge < -0.3 is 10.5 Å². The lowest BCUT2D eigenvalue weighted by Crippen LogP contribution is -2.51. The summed E-state index contributed by atoms with van der Waals surface area (Å²) in [4.78, 5) is 0. The van der Waals surface area contributed by atoms with E-state index in [9.17, 15) is 0 Å². The normalized spacial score (nSPS) is 36.3. The van der Waals surface area contributed by atoms with Gasteiger partial charge in [0, 0.05) is 13.0 Å². The fraction of sp³-hybridized carbons (Fsp3) is 1.00. The van der Waals surface area contributed by atoms with Crippen LogP contribution in [-0.2, 0) is 4.74 Å². The van der Waals surface area contributed by atoms with E-state index in [0.29, 0.717) is 18.2 Å². The van der Waals surface area contributed by atoms with E-state index in [1.807, 2.05) is 0 Å². The van der Waals surface area contributed by atoms with Crippen molar-refractivity contribution in [1.29, 1.82) is 0 Å². The summed E-state index contributed by atoms with van der Waals surface area (Å²) < 4.78 is 5.71. The molecule has 2 nitrogen and oxygen atoms in total. The summed E-state index contributed by atoms with van der Waals surface area (Å²) in [6, 6.07) is 0. The van der Waals surface area contributed by atoms with Gasteiger partial charge in [0.2, 0.25) is 0 Å². The van der Waals surface area contributed by atoms with Crippen molar-refractivity contribution in [2.45, 2.75) is 43.8 Å². The summed E-state index contributed by atoms with van der Waals surface area (Å²) >= 11 is 0. The highest BCUT2D eigenvalue weighted by Gasteiger charge is 2.46. The molecule has 2 heteroatoms. The zero-order valence-electron chi connectivity index (χ0n) is 6.31. The quantitative estimate of drug-likeness (QED) is 0.592. The third-order valence-corrected chi connectivity index (χ3v) is 2.79. The van der Waals surface area contributed by atoms with Crippen LogP contribution in [0.25, 0.3) is 0 Å². The molecule has 1 aliphatic heterocycles. The van der Waals surface area contributed by atoms with Crippen LogP contribution in [0.1, 0.15) is 32.1 Å². The lowest BCUT2D eigenvalue weighted by atomic mass is 9.87. The molecule has 0 radical (unpaired) electrons. The molecule has 0 aromatic carbocycles. The summed E-state index contributed by atoms with van der Waals surface area (Å²) in [5.41, 5.74) is 5.77. The minimum absolute atomic E-state index is 0.310. The Morgan fingerprint density at radius 2 is 2.00 bits per heavy atom. The zero-order valence-corrected chi connectivity index (χ0v) is 6.31. The van der Waals surface area contributed by atoms with Gasteiger partial charge in [0.05, 0.1) is 11.7 Å². The summed E-state index contributed by atoms with van der Waals surface area (Å²) in [7, 11) is 0. The van der Waals surface area contributed by atoms with Crippen molar-refractivity contribution in [3.8, 4) is 0 Å². The second-order valence-corrected chi connectivity index (χ2v) is 3.57. The van der Waals surface area contributed by atoms with Gasteiger partial charge in [-0.25, -0.2) is 0 Å². The minimum atomic E-state index is 0.310. The standard InChI is InChI=1S/C8H15NO/c9-6-7-5-8(10-7)3-1-2-4-8/h7H,1-6,9H2. The SMILES string of the molecule is NCC1CC2(CCCC2)O1. The number of hydrogen-bond donors (Lipinski definition) is 1. The van der Waals surface area contributed by atoms with Crippen LogP contribution < -0.4 is 5.73 Å². The van der Waals surface area contributed by atoms with Crippen LogP contribution in [0.4, 0.5) is 0 Å². The first-order valence-electron chi connectivity index (χ1n) is 4.23. The van der Waals surface area contributed by atoms with E-state index >= 15 is 0 Å². The molecule has 1 spiro atoms. The number of nitrogens with two attached hydrogens (primary N) is 1. The molecule has 0 amide bonds. The van der Waals surface area contributed by atoms with E-state index in [1.165, 1.54) is 32.1 Å². The molecule has 0 aromatic heterocycles. The highest BCUT2D eigenvalue weighted by atomic mass is 16.5. The molecule has 0 bridgehead atoms. The van der Waals surface area contributed by atoms with Crippen LogP contribution >= 0.6 is 0 Å². The predicted molar refractivity (Wildman–Crippen MR) is 39.7 cm³/mol. The van der Waals surface area contributed by atoms with Crippen molar-refractivity contribution in [2.24, 2.45) is 5.73 Å². The van der Waals surface area contributed by atoms with Crippen LogP contribution in [0.2, 0.25) is 0 Å². The largest absolute Gasteiger partial charge is 0.370 e. The summed E-state index contributed by atoms with van der Waals surface area (Å²) in [5.74, 6) is 0. The van der Waals surface area contributed by atoms with Crippen molar-refractivity contribution in [3.05, 3.63) is 0 Å². The lowest BCUT2D eigenvalue weighted by Gasteiger charge is -2.45. The Kier molecular flexibility index (Phi) is 1.46. The van der Waals surface area contributed by atoms with Gasteiger partial charge in [-0.3, -0.25) is 0 Å². The number of ether oxygens (including phenoxy) is 1. The molecule has 10 heavy (non-hydrogen) atoms. The Balaban J connectivity index is 1.86. The van der Waals surface area contributed by atoms with E-state index in [0.717, 1.165) is 0 Å². The lowest BCUT2D eigenvalue weighted by molar-refractivity contribution is -0.196. The molecule has 2 N–H and O–H groups in total. The molecule has 1 heterocycles. The Bertz CT molecular complexity index is 121. The second-order valence-electron chi connectivity index (χ2n) is 3.57. The van der Waals surface area contributed by atoms with Crippen molar-refractivity contribution < 1.29 is 4.74 Å². The third-order valence-electron chi connectivity index (χ3n) is 2.79. The Morgan fingerprint density at radius 3 is 2.50 bits per heavy atom. The fourth-order valence-electron chi connectivity index (χ4n) is 2.23. The summed E-state index contributed by atoms with van der Waals surface area (Å²) in [5, 5.41) is 0. The van der Waals surface area contributed by atoms with Gasteiger partial charge in [-0.15, -0.1) is 0 Å². The van der Waals surface area contributed by atoms with Gasteiger partial charge in [0.1, 0.15) is 0 Å². The molecule has 1 unspecified atom stereocenters. The Morgan fingerprint density at radius 1 is 1.40 bits per heavy atom. The van der Waals surface area contributed by atoms with Crippen molar-refractivity contribution in [2.75, 3.05) is 6.54 Å². The van der Waals surface area contributed by atoms with E-state index < -0.39 is 0 Å². The Hall–Kier alpha value is -0.0800. The topological polar surface area (TPSA) is 35.2 Å². The van der Waals surface area contributed by atoms with E-state index in [2.05, 4.69) is 0 Å². The maximum absolute atomic E-state index is 5.71. The van der Waals surface area contributed by atoms with Crippen LogP contribution in [0.15, 0.2) is 0 Å². The molecule has 1 saturated carbocycles. The van der Waals surface area contributed by atoms with E-state index in [4.69, 9.17) is 10.5 Å². The Labute approximate surface area is 61.7 Å². The highest BCUT2D eigenvalue weighted by molar-refractivity contribution is 4.96. The van der Waals surface area contributed by atoms with Crippen molar-refractivity contribution in [1.82, 2.24) is 0 Å². The first kappa shape index (κ1) is 6.62. The molecule has 1 atom stereocenters. The van der Waals surface area contributed by atoms with Gasteiger partial charge in [-0.05, 0) is 12.8 Å². The average Bonchev–Trinajstić information content (AvgIpc) is 2.30. The highest BCUT2D eigenvalue weighted by Crippen LogP contribution is 2.45. The summed E-state index contributed by atoms with van der Waals surface area (Å²) in [6.07, 6.45) is 6.89. The molecule has 0 aromatic rings. The summed E-state index contributed by atoms with van der Waals surface area (Å²) in [6.45, 7) is 0.710. The monoisotopic (exact) mass is 141 g/mol. The zero-order chi connectivity index (χ0) is 7.03.